The van der Waals surface area contributed by atoms with Crippen molar-refractivity contribution in [3.05, 3.63) is 22.4 Å². The van der Waals surface area contributed by atoms with Crippen LogP contribution >= 0.6 is 35.3 Å². The van der Waals surface area contributed by atoms with Gasteiger partial charge in [-0.1, -0.05) is 13.0 Å². The summed E-state index contributed by atoms with van der Waals surface area (Å²) in [5.74, 6) is 1.70. The molecule has 1 saturated heterocycles. The van der Waals surface area contributed by atoms with Gasteiger partial charge in [0.25, 0.3) is 0 Å². The number of nitrogens with zero attached hydrogens (tertiary/aromatic N) is 2. The number of thiophene rings is 1. The summed E-state index contributed by atoms with van der Waals surface area (Å²) >= 11 is 1.84. The summed E-state index contributed by atoms with van der Waals surface area (Å²) in [6, 6.07) is 4.81. The lowest BCUT2D eigenvalue weighted by Gasteiger charge is -2.36. The number of aliphatic imine (C=N–C) groups is 1. The Hall–Kier alpha value is -0.380. The second-order valence-corrected chi connectivity index (χ2v) is 7.10. The quantitative estimate of drug-likeness (QED) is 0.281. The summed E-state index contributed by atoms with van der Waals surface area (Å²) < 4.78 is 5.07. The number of hydrogen-bond acceptors (Lipinski definition) is 4. The lowest BCUT2D eigenvalue weighted by atomic mass is 9.97. The van der Waals surface area contributed by atoms with E-state index >= 15 is 0 Å². The van der Waals surface area contributed by atoms with Gasteiger partial charge in [-0.2, -0.15) is 0 Å². The van der Waals surface area contributed by atoms with E-state index in [2.05, 4.69) is 45.0 Å². The molecule has 1 aromatic rings. The molecule has 2 heterocycles. The van der Waals surface area contributed by atoms with Gasteiger partial charge in [0, 0.05) is 32.1 Å². The van der Waals surface area contributed by atoms with Gasteiger partial charge in [-0.05, 0) is 43.3 Å². The van der Waals surface area contributed by atoms with E-state index < -0.39 is 0 Å². The van der Waals surface area contributed by atoms with Crippen LogP contribution in [0.5, 0.6) is 0 Å². The summed E-state index contributed by atoms with van der Waals surface area (Å²) in [7, 11) is 3.52. The number of guanidine groups is 1. The van der Waals surface area contributed by atoms with Crippen LogP contribution in [0, 0.1) is 5.92 Å². The Kier molecular flexibility index (Phi) is 10.9. The second kappa shape index (κ2) is 12.1. The van der Waals surface area contributed by atoms with Crippen LogP contribution in [0.3, 0.4) is 0 Å². The monoisotopic (exact) mass is 466 g/mol. The molecular formula is C17H31IN4OS. The van der Waals surface area contributed by atoms with Gasteiger partial charge in [-0.15, -0.1) is 35.3 Å². The molecule has 2 rings (SSSR count). The maximum atomic E-state index is 5.07. The number of hydrogen-bond donors (Lipinski definition) is 2. The van der Waals surface area contributed by atoms with Crippen LogP contribution in [0.25, 0.3) is 0 Å². The van der Waals surface area contributed by atoms with E-state index in [1.54, 1.807) is 7.11 Å². The summed E-state index contributed by atoms with van der Waals surface area (Å²) in [6.07, 6.45) is 2.59. The number of piperidine rings is 1. The van der Waals surface area contributed by atoms with Crippen molar-refractivity contribution in [2.75, 3.05) is 46.9 Å². The first kappa shape index (κ1) is 21.7. The first-order valence-corrected chi connectivity index (χ1v) is 9.33. The van der Waals surface area contributed by atoms with Crippen molar-refractivity contribution in [3.8, 4) is 0 Å². The third-order valence-corrected chi connectivity index (χ3v) is 5.39. The molecule has 7 heteroatoms. The van der Waals surface area contributed by atoms with Crippen LogP contribution in [-0.2, 0) is 4.74 Å². The Morgan fingerprint density at radius 3 is 2.75 bits per heavy atom. The molecule has 0 radical (unpaired) electrons. The van der Waals surface area contributed by atoms with E-state index in [1.807, 2.05) is 18.4 Å². The fourth-order valence-electron chi connectivity index (χ4n) is 2.92. The van der Waals surface area contributed by atoms with E-state index in [-0.39, 0.29) is 24.0 Å². The number of methoxy groups -OCH3 is 1. The number of halogens is 1. The fraction of sp³-hybridized carbons (Fsp3) is 0.706. The largest absolute Gasteiger partial charge is 0.383 e. The maximum Gasteiger partial charge on any atom is 0.191 e. The molecule has 0 aromatic carbocycles. The van der Waals surface area contributed by atoms with Crippen molar-refractivity contribution in [3.63, 3.8) is 0 Å². The predicted octanol–water partition coefficient (Wildman–Crippen LogP) is 2.95. The van der Waals surface area contributed by atoms with Gasteiger partial charge in [0.05, 0.1) is 12.6 Å². The third kappa shape index (κ3) is 6.85. The number of likely N-dealkylation sites (tertiary alicyclic amines) is 1. The average molecular weight is 466 g/mol. The topological polar surface area (TPSA) is 48.9 Å². The lowest BCUT2D eigenvalue weighted by Crippen LogP contribution is -2.45. The van der Waals surface area contributed by atoms with Crippen LogP contribution < -0.4 is 10.6 Å². The SMILES string of the molecule is CN=C(NCCOC)NCC(c1cccs1)N1CCC(C)CC1.I. The first-order chi connectivity index (χ1) is 11.2. The van der Waals surface area contributed by atoms with Crippen LogP contribution in [0.4, 0.5) is 0 Å². The van der Waals surface area contributed by atoms with Crippen LogP contribution in [0.2, 0.25) is 0 Å². The summed E-state index contributed by atoms with van der Waals surface area (Å²) in [5.41, 5.74) is 0. The maximum absolute atomic E-state index is 5.07. The number of ether oxygens (including phenoxy) is 1. The first-order valence-electron chi connectivity index (χ1n) is 8.45. The van der Waals surface area contributed by atoms with E-state index in [0.29, 0.717) is 12.6 Å². The molecule has 0 saturated carbocycles. The Balaban J connectivity index is 0.00000288. The molecule has 24 heavy (non-hydrogen) atoms. The third-order valence-electron chi connectivity index (χ3n) is 4.42. The Morgan fingerprint density at radius 1 is 1.42 bits per heavy atom. The molecule has 1 atom stereocenters. The van der Waals surface area contributed by atoms with Gasteiger partial charge in [-0.25, -0.2) is 0 Å². The van der Waals surface area contributed by atoms with Gasteiger partial charge < -0.3 is 15.4 Å². The number of nitrogens with one attached hydrogen (secondary N) is 2. The molecule has 1 aromatic heterocycles. The van der Waals surface area contributed by atoms with Crippen molar-refractivity contribution < 1.29 is 4.74 Å². The van der Waals surface area contributed by atoms with Gasteiger partial charge in [-0.3, -0.25) is 9.89 Å². The minimum atomic E-state index is 0. The highest BCUT2D eigenvalue weighted by Crippen LogP contribution is 2.28. The van der Waals surface area contributed by atoms with Crippen molar-refractivity contribution in [2.24, 2.45) is 10.9 Å². The smallest absolute Gasteiger partial charge is 0.191 e. The predicted molar refractivity (Wildman–Crippen MR) is 114 cm³/mol. The lowest BCUT2D eigenvalue weighted by molar-refractivity contribution is 0.140. The zero-order valence-corrected chi connectivity index (χ0v) is 18.1. The van der Waals surface area contributed by atoms with Crippen molar-refractivity contribution in [1.82, 2.24) is 15.5 Å². The highest BCUT2D eigenvalue weighted by atomic mass is 127. The average Bonchev–Trinajstić information content (AvgIpc) is 3.09. The Bertz CT molecular complexity index is 461. The molecule has 0 bridgehead atoms. The minimum absolute atomic E-state index is 0. The molecular weight excluding hydrogens is 435 g/mol. The molecule has 1 unspecified atom stereocenters. The fourth-order valence-corrected chi connectivity index (χ4v) is 3.78. The highest BCUT2D eigenvalue weighted by molar-refractivity contribution is 14.0. The van der Waals surface area contributed by atoms with E-state index in [4.69, 9.17) is 4.74 Å². The molecule has 1 aliphatic heterocycles. The van der Waals surface area contributed by atoms with Crippen molar-refractivity contribution in [1.29, 1.82) is 0 Å². The molecule has 0 spiro atoms. The summed E-state index contributed by atoms with van der Waals surface area (Å²) in [4.78, 5) is 8.34. The Morgan fingerprint density at radius 2 is 2.17 bits per heavy atom. The zero-order valence-electron chi connectivity index (χ0n) is 15.0. The summed E-state index contributed by atoms with van der Waals surface area (Å²) in [6.45, 7) is 7.04. The Labute approximate surface area is 167 Å². The minimum Gasteiger partial charge on any atom is -0.383 e. The second-order valence-electron chi connectivity index (χ2n) is 6.12. The van der Waals surface area contributed by atoms with Crippen LogP contribution in [0.1, 0.15) is 30.7 Å². The van der Waals surface area contributed by atoms with Gasteiger partial charge in [0.15, 0.2) is 5.96 Å². The highest BCUT2D eigenvalue weighted by Gasteiger charge is 2.25. The molecule has 0 amide bonds. The molecule has 2 N–H and O–H groups in total. The molecule has 5 nitrogen and oxygen atoms in total. The van der Waals surface area contributed by atoms with Crippen LogP contribution in [-0.4, -0.2) is 57.8 Å². The van der Waals surface area contributed by atoms with E-state index in [9.17, 15) is 0 Å². The van der Waals surface area contributed by atoms with Gasteiger partial charge in [0.1, 0.15) is 0 Å². The molecule has 138 valence electrons. The van der Waals surface area contributed by atoms with Gasteiger partial charge >= 0.3 is 0 Å². The van der Waals surface area contributed by atoms with Crippen molar-refractivity contribution in [2.45, 2.75) is 25.8 Å². The van der Waals surface area contributed by atoms with E-state index in [1.165, 1.54) is 30.8 Å². The molecule has 0 aliphatic carbocycles. The van der Waals surface area contributed by atoms with Gasteiger partial charge in [0.2, 0.25) is 0 Å². The van der Waals surface area contributed by atoms with Crippen LogP contribution in [0.15, 0.2) is 22.5 Å². The zero-order chi connectivity index (χ0) is 16.5. The van der Waals surface area contributed by atoms with E-state index in [0.717, 1.165) is 25.0 Å². The standard InChI is InChI=1S/C17H30N4OS.HI/c1-14-6-9-21(10-7-14)15(16-5-4-12-23-16)13-20-17(18-2)19-8-11-22-3;/h4-5,12,14-15H,6-11,13H2,1-3H3,(H2,18,19,20);1H. The molecule has 1 fully saturated rings. The number of rotatable bonds is 7. The molecule has 1 aliphatic rings. The summed E-state index contributed by atoms with van der Waals surface area (Å²) in [5, 5.41) is 8.92. The van der Waals surface area contributed by atoms with Crippen molar-refractivity contribution >= 4 is 41.3 Å². The normalized spacial score (nSPS) is 18.0.